The van der Waals surface area contributed by atoms with E-state index in [0.29, 0.717) is 18.1 Å². The predicted octanol–water partition coefficient (Wildman–Crippen LogP) is 1.88. The van der Waals surface area contributed by atoms with Crippen LogP contribution in [0.4, 0.5) is 0 Å². The molecule has 0 spiro atoms. The van der Waals surface area contributed by atoms with Crippen LogP contribution >= 0.6 is 0 Å². The molecule has 1 aromatic carbocycles. The molecule has 2 atom stereocenters. The molecule has 1 aromatic rings. The number of piperidine rings is 1. The van der Waals surface area contributed by atoms with Crippen LogP contribution < -0.4 is 5.73 Å². The van der Waals surface area contributed by atoms with Gasteiger partial charge in [-0.05, 0) is 62.4 Å². The molecule has 2 aliphatic heterocycles. The Labute approximate surface area is 147 Å². The topological polar surface area (TPSA) is 92.9 Å². The Kier molecular flexibility index (Phi) is 5.71. The number of ether oxygens (including phenoxy) is 1. The highest BCUT2D eigenvalue weighted by Crippen LogP contribution is 2.31. The lowest BCUT2D eigenvalue weighted by molar-refractivity contribution is -0.123. The second-order valence-electron chi connectivity index (χ2n) is 7.16. The van der Waals surface area contributed by atoms with Crippen molar-refractivity contribution in [3.63, 3.8) is 0 Å². The molecule has 2 aliphatic rings. The van der Waals surface area contributed by atoms with Crippen LogP contribution in [0.2, 0.25) is 0 Å². The molecule has 0 saturated carbocycles. The summed E-state index contributed by atoms with van der Waals surface area (Å²) in [5.41, 5.74) is 6.92. The van der Waals surface area contributed by atoms with Crippen LogP contribution in [0.25, 0.3) is 0 Å². The number of hydrogen-bond donors (Lipinski definition) is 2. The fourth-order valence-corrected chi connectivity index (χ4v) is 3.93. The number of aromatic carboxylic acids is 1. The molecule has 0 aliphatic carbocycles. The lowest BCUT2D eigenvalue weighted by atomic mass is 9.86. The Bertz CT molecular complexity index is 608. The summed E-state index contributed by atoms with van der Waals surface area (Å²) in [6.45, 7) is 3.51. The average molecular weight is 346 g/mol. The molecule has 6 nitrogen and oxygen atoms in total. The number of nitrogens with zero attached hydrogens (tertiary/aromatic N) is 1. The summed E-state index contributed by atoms with van der Waals surface area (Å²) in [6, 6.07) is 7.09. The normalized spacial score (nSPS) is 25.1. The van der Waals surface area contributed by atoms with Crippen LogP contribution in [0.5, 0.6) is 0 Å². The second-order valence-corrected chi connectivity index (χ2v) is 7.16. The van der Waals surface area contributed by atoms with E-state index in [1.807, 2.05) is 12.1 Å². The molecule has 3 rings (SSSR count). The van der Waals surface area contributed by atoms with Gasteiger partial charge in [-0.15, -0.1) is 0 Å². The van der Waals surface area contributed by atoms with Crippen LogP contribution in [0.3, 0.4) is 0 Å². The molecule has 2 fully saturated rings. The quantitative estimate of drug-likeness (QED) is 0.820. The molecule has 3 N–H and O–H groups in total. The molecule has 2 heterocycles. The Hall–Kier alpha value is -1.92. The minimum atomic E-state index is -0.893. The number of carbonyl (C=O) groups excluding carboxylic acids is 1. The standard InChI is InChI=1S/C19H26N2O4/c20-18(22)16-7-10-25-17(16)11-13-5-8-21(9-6-13)12-14-1-3-15(4-2-14)19(23)24/h1-4,13,16-17H,5-12H2,(H2,20,22)(H,23,24)/t16-,17-/m1/s1. The van der Waals surface area contributed by atoms with Gasteiger partial charge in [0.15, 0.2) is 0 Å². The van der Waals surface area contributed by atoms with Crippen molar-refractivity contribution in [3.05, 3.63) is 35.4 Å². The molecular formula is C19H26N2O4. The van der Waals surface area contributed by atoms with Crippen molar-refractivity contribution >= 4 is 11.9 Å². The van der Waals surface area contributed by atoms with E-state index in [9.17, 15) is 9.59 Å². The lowest BCUT2D eigenvalue weighted by Crippen LogP contribution is -2.36. The number of nitrogens with two attached hydrogens (primary N) is 1. The van der Waals surface area contributed by atoms with Gasteiger partial charge in [-0.3, -0.25) is 9.69 Å². The fourth-order valence-electron chi connectivity index (χ4n) is 3.93. The van der Waals surface area contributed by atoms with Gasteiger partial charge in [-0.2, -0.15) is 0 Å². The summed E-state index contributed by atoms with van der Waals surface area (Å²) in [5, 5.41) is 8.95. The number of primary amides is 1. The number of rotatable bonds is 6. The van der Waals surface area contributed by atoms with Gasteiger partial charge in [0.1, 0.15) is 0 Å². The van der Waals surface area contributed by atoms with E-state index in [0.717, 1.165) is 50.9 Å². The maximum atomic E-state index is 11.5. The first-order valence-electron chi connectivity index (χ1n) is 8.98. The highest BCUT2D eigenvalue weighted by Gasteiger charge is 2.35. The number of amides is 1. The van der Waals surface area contributed by atoms with Gasteiger partial charge in [0, 0.05) is 13.2 Å². The minimum absolute atomic E-state index is 0.00221. The first kappa shape index (κ1) is 17.9. The molecule has 0 bridgehead atoms. The smallest absolute Gasteiger partial charge is 0.335 e. The molecule has 136 valence electrons. The summed E-state index contributed by atoms with van der Waals surface area (Å²) >= 11 is 0. The summed E-state index contributed by atoms with van der Waals surface area (Å²) in [6.07, 6.45) is 3.87. The van der Waals surface area contributed by atoms with Crippen LogP contribution in [-0.4, -0.2) is 47.7 Å². The van der Waals surface area contributed by atoms with Crippen LogP contribution in [0.1, 0.15) is 41.6 Å². The van der Waals surface area contributed by atoms with E-state index in [4.69, 9.17) is 15.6 Å². The monoisotopic (exact) mass is 346 g/mol. The van der Waals surface area contributed by atoms with Gasteiger partial charge in [0.2, 0.25) is 5.91 Å². The van der Waals surface area contributed by atoms with Gasteiger partial charge < -0.3 is 15.6 Å². The SMILES string of the molecule is NC(=O)[C@@H]1CCO[C@@H]1CC1CCN(Cc2ccc(C(=O)O)cc2)CC1. The summed E-state index contributed by atoms with van der Waals surface area (Å²) in [4.78, 5) is 24.8. The third-order valence-corrected chi connectivity index (χ3v) is 5.45. The van der Waals surface area contributed by atoms with Crippen molar-refractivity contribution in [1.29, 1.82) is 0 Å². The van der Waals surface area contributed by atoms with Gasteiger partial charge in [-0.25, -0.2) is 4.79 Å². The fraction of sp³-hybridized carbons (Fsp3) is 0.579. The first-order chi connectivity index (χ1) is 12.0. The zero-order valence-electron chi connectivity index (χ0n) is 14.4. The zero-order chi connectivity index (χ0) is 17.8. The van der Waals surface area contributed by atoms with Gasteiger partial charge >= 0.3 is 5.97 Å². The summed E-state index contributed by atoms with van der Waals surface area (Å²) < 4.78 is 5.72. The Balaban J connectivity index is 1.45. The van der Waals surface area contributed by atoms with E-state index < -0.39 is 5.97 Å². The number of likely N-dealkylation sites (tertiary alicyclic amines) is 1. The number of carbonyl (C=O) groups is 2. The van der Waals surface area contributed by atoms with Gasteiger partial charge in [0.25, 0.3) is 0 Å². The van der Waals surface area contributed by atoms with E-state index in [2.05, 4.69) is 4.90 Å². The highest BCUT2D eigenvalue weighted by molar-refractivity contribution is 5.87. The number of carboxylic acids is 1. The Morgan fingerprint density at radius 1 is 1.16 bits per heavy atom. The van der Waals surface area contributed by atoms with Crippen molar-refractivity contribution in [1.82, 2.24) is 4.90 Å². The third-order valence-electron chi connectivity index (χ3n) is 5.45. The molecule has 2 saturated heterocycles. The number of carboxylic acid groups (broad SMARTS) is 1. The number of benzene rings is 1. The van der Waals surface area contributed by atoms with Crippen molar-refractivity contribution in [2.75, 3.05) is 19.7 Å². The Morgan fingerprint density at radius 3 is 2.44 bits per heavy atom. The molecular weight excluding hydrogens is 320 g/mol. The van der Waals surface area contributed by atoms with Crippen LogP contribution in [0.15, 0.2) is 24.3 Å². The van der Waals surface area contributed by atoms with Crippen molar-refractivity contribution in [2.24, 2.45) is 17.6 Å². The average Bonchev–Trinajstić information content (AvgIpc) is 3.05. The van der Waals surface area contributed by atoms with E-state index >= 15 is 0 Å². The summed E-state index contributed by atoms with van der Waals surface area (Å²) in [5.74, 6) is -0.665. The molecule has 0 aromatic heterocycles. The van der Waals surface area contributed by atoms with E-state index in [1.165, 1.54) is 0 Å². The molecule has 0 radical (unpaired) electrons. The lowest BCUT2D eigenvalue weighted by Gasteiger charge is -2.33. The molecule has 6 heteroatoms. The van der Waals surface area contributed by atoms with Gasteiger partial charge in [-0.1, -0.05) is 12.1 Å². The van der Waals surface area contributed by atoms with Crippen molar-refractivity contribution in [3.8, 4) is 0 Å². The van der Waals surface area contributed by atoms with Crippen LogP contribution in [-0.2, 0) is 16.1 Å². The maximum Gasteiger partial charge on any atom is 0.335 e. The second kappa shape index (κ2) is 7.97. The zero-order valence-corrected chi connectivity index (χ0v) is 14.4. The Morgan fingerprint density at radius 2 is 1.84 bits per heavy atom. The molecule has 25 heavy (non-hydrogen) atoms. The van der Waals surface area contributed by atoms with Crippen LogP contribution in [0, 0.1) is 11.8 Å². The third kappa shape index (κ3) is 4.58. The van der Waals surface area contributed by atoms with Crippen molar-refractivity contribution < 1.29 is 19.4 Å². The molecule has 1 amide bonds. The molecule has 0 unspecified atom stereocenters. The van der Waals surface area contributed by atoms with E-state index in [-0.39, 0.29) is 17.9 Å². The number of hydrogen-bond acceptors (Lipinski definition) is 4. The predicted molar refractivity (Wildman–Crippen MR) is 93.1 cm³/mol. The first-order valence-corrected chi connectivity index (χ1v) is 8.98. The van der Waals surface area contributed by atoms with Crippen molar-refractivity contribution in [2.45, 2.75) is 38.3 Å². The van der Waals surface area contributed by atoms with Gasteiger partial charge in [0.05, 0.1) is 17.6 Å². The summed E-state index contributed by atoms with van der Waals surface area (Å²) in [7, 11) is 0. The highest BCUT2D eigenvalue weighted by atomic mass is 16.5. The van der Waals surface area contributed by atoms with E-state index in [1.54, 1.807) is 12.1 Å². The minimum Gasteiger partial charge on any atom is -0.478 e. The maximum absolute atomic E-state index is 11.5. The largest absolute Gasteiger partial charge is 0.478 e.